The zero-order valence-electron chi connectivity index (χ0n) is 13.0. The number of fused-ring (bicyclic) bond motifs is 1. The van der Waals surface area contributed by atoms with Crippen LogP contribution in [0.1, 0.15) is 37.8 Å². The third kappa shape index (κ3) is 4.70. The summed E-state index contributed by atoms with van der Waals surface area (Å²) >= 11 is 0. The molecule has 118 valence electrons. The molecule has 1 atom stereocenters. The molecular formula is C16H25ClN2O2. The molecule has 21 heavy (non-hydrogen) atoms. The highest BCUT2D eigenvalue weighted by Crippen LogP contribution is 2.29. The van der Waals surface area contributed by atoms with Crippen molar-refractivity contribution < 1.29 is 9.53 Å². The van der Waals surface area contributed by atoms with E-state index < -0.39 is 0 Å². The second kappa shape index (κ2) is 7.25. The Morgan fingerprint density at radius 2 is 2.10 bits per heavy atom. The number of ether oxygens (including phenoxy) is 1. The molecule has 0 saturated heterocycles. The molecule has 2 rings (SSSR count). The molecule has 0 bridgehead atoms. The summed E-state index contributed by atoms with van der Waals surface area (Å²) in [6.45, 7) is 8.55. The average molecular weight is 313 g/mol. The Morgan fingerprint density at radius 1 is 1.43 bits per heavy atom. The fourth-order valence-electron chi connectivity index (χ4n) is 2.82. The van der Waals surface area contributed by atoms with Crippen molar-refractivity contribution in [1.29, 1.82) is 0 Å². The molecule has 1 heterocycles. The van der Waals surface area contributed by atoms with E-state index in [0.29, 0.717) is 13.2 Å². The van der Waals surface area contributed by atoms with Crippen LogP contribution >= 0.6 is 12.4 Å². The predicted molar refractivity (Wildman–Crippen MR) is 86.6 cm³/mol. The van der Waals surface area contributed by atoms with Crippen molar-refractivity contribution in [3.63, 3.8) is 0 Å². The first-order valence-electron chi connectivity index (χ1n) is 7.16. The minimum Gasteiger partial charge on any atom is -0.465 e. The van der Waals surface area contributed by atoms with E-state index in [4.69, 9.17) is 10.5 Å². The zero-order chi connectivity index (χ0) is 14.8. The lowest BCUT2D eigenvalue weighted by atomic mass is 9.89. The van der Waals surface area contributed by atoms with Gasteiger partial charge in [-0.15, -0.1) is 12.4 Å². The molecule has 0 fully saturated rings. The van der Waals surface area contributed by atoms with Gasteiger partial charge in [0.1, 0.15) is 0 Å². The smallest absolute Gasteiger partial charge is 0.314 e. The molecule has 1 aliphatic heterocycles. The summed E-state index contributed by atoms with van der Waals surface area (Å²) in [6, 6.07) is 8.10. The summed E-state index contributed by atoms with van der Waals surface area (Å²) in [5.41, 5.74) is 8.13. The first-order chi connectivity index (χ1) is 9.40. The number of benzene rings is 1. The van der Waals surface area contributed by atoms with E-state index in [2.05, 4.69) is 11.0 Å². The molecule has 2 N–H and O–H groups in total. The summed E-state index contributed by atoms with van der Waals surface area (Å²) < 4.78 is 5.22. The highest BCUT2D eigenvalue weighted by molar-refractivity contribution is 5.85. The lowest BCUT2D eigenvalue weighted by Crippen LogP contribution is -2.48. The van der Waals surface area contributed by atoms with Gasteiger partial charge >= 0.3 is 5.97 Å². The summed E-state index contributed by atoms with van der Waals surface area (Å²) in [5.74, 6) is -0.346. The maximum Gasteiger partial charge on any atom is 0.314 e. The number of hydrogen-bond donors (Lipinski definition) is 1. The van der Waals surface area contributed by atoms with Crippen LogP contribution in [-0.2, 0) is 16.1 Å². The molecule has 0 saturated carbocycles. The highest BCUT2D eigenvalue weighted by Gasteiger charge is 2.32. The van der Waals surface area contributed by atoms with Crippen molar-refractivity contribution in [3.05, 3.63) is 35.4 Å². The second-order valence-electron chi connectivity index (χ2n) is 6.16. The van der Waals surface area contributed by atoms with Crippen molar-refractivity contribution in [1.82, 2.24) is 4.90 Å². The van der Waals surface area contributed by atoms with Gasteiger partial charge in [0, 0.05) is 25.2 Å². The number of rotatable bonds is 4. The van der Waals surface area contributed by atoms with Gasteiger partial charge in [0.05, 0.1) is 12.5 Å². The van der Waals surface area contributed by atoms with Crippen LogP contribution < -0.4 is 5.73 Å². The lowest BCUT2D eigenvalue weighted by Gasteiger charge is -2.36. The molecule has 0 spiro atoms. The van der Waals surface area contributed by atoms with Crippen LogP contribution in [0.3, 0.4) is 0 Å². The van der Waals surface area contributed by atoms with Crippen LogP contribution in [0, 0.1) is 0 Å². The van der Waals surface area contributed by atoms with Crippen LogP contribution in [0.2, 0.25) is 0 Å². The topological polar surface area (TPSA) is 55.6 Å². The molecule has 1 aromatic rings. The van der Waals surface area contributed by atoms with E-state index in [9.17, 15) is 4.79 Å². The van der Waals surface area contributed by atoms with E-state index in [1.807, 2.05) is 39.0 Å². The van der Waals surface area contributed by atoms with Gasteiger partial charge in [-0.1, -0.05) is 24.3 Å². The molecular weight excluding hydrogens is 288 g/mol. The van der Waals surface area contributed by atoms with Gasteiger partial charge in [-0.25, -0.2) is 0 Å². The Morgan fingerprint density at radius 3 is 2.71 bits per heavy atom. The van der Waals surface area contributed by atoms with Crippen molar-refractivity contribution in [3.8, 4) is 0 Å². The number of esters is 1. The van der Waals surface area contributed by atoms with Crippen LogP contribution in [0.4, 0.5) is 0 Å². The summed E-state index contributed by atoms with van der Waals surface area (Å²) in [5, 5.41) is 0. The number of carbonyl (C=O) groups excluding carboxylic acids is 1. The highest BCUT2D eigenvalue weighted by atomic mass is 35.5. The molecule has 0 aromatic heterocycles. The number of carbonyl (C=O) groups is 1. The molecule has 5 heteroatoms. The fraction of sp³-hybridized carbons (Fsp3) is 0.562. The predicted octanol–water partition coefficient (Wildman–Crippen LogP) is 2.31. The quantitative estimate of drug-likeness (QED) is 0.867. The van der Waals surface area contributed by atoms with E-state index in [0.717, 1.165) is 18.7 Å². The van der Waals surface area contributed by atoms with E-state index in [-0.39, 0.29) is 29.8 Å². The van der Waals surface area contributed by atoms with Crippen molar-refractivity contribution in [2.45, 2.75) is 38.8 Å². The Bertz CT molecular complexity index is 485. The Kier molecular flexibility index (Phi) is 6.20. The van der Waals surface area contributed by atoms with Crippen molar-refractivity contribution in [2.24, 2.45) is 5.73 Å². The zero-order valence-corrected chi connectivity index (χ0v) is 13.8. The van der Waals surface area contributed by atoms with Crippen LogP contribution in [-0.4, -0.2) is 36.1 Å². The molecule has 1 aromatic carbocycles. The summed E-state index contributed by atoms with van der Waals surface area (Å²) in [6.07, 6.45) is 0. The number of halogens is 1. The maximum absolute atomic E-state index is 12.2. The second-order valence-corrected chi connectivity index (χ2v) is 6.16. The molecule has 0 aliphatic carbocycles. The van der Waals surface area contributed by atoms with Gasteiger partial charge < -0.3 is 10.5 Å². The van der Waals surface area contributed by atoms with Gasteiger partial charge in [-0.3, -0.25) is 9.69 Å². The van der Waals surface area contributed by atoms with E-state index >= 15 is 0 Å². The normalized spacial score (nSPS) is 18.6. The van der Waals surface area contributed by atoms with Gasteiger partial charge in [-0.2, -0.15) is 0 Å². The van der Waals surface area contributed by atoms with Gasteiger partial charge in [0.25, 0.3) is 0 Å². The van der Waals surface area contributed by atoms with Crippen molar-refractivity contribution >= 4 is 18.4 Å². The fourth-order valence-corrected chi connectivity index (χ4v) is 2.82. The Labute approximate surface area is 133 Å². The Hall–Kier alpha value is -1.10. The van der Waals surface area contributed by atoms with E-state index in [1.54, 1.807) is 0 Å². The van der Waals surface area contributed by atoms with Crippen molar-refractivity contribution in [2.75, 3.05) is 19.7 Å². The monoisotopic (exact) mass is 312 g/mol. The molecule has 0 amide bonds. The lowest BCUT2D eigenvalue weighted by molar-refractivity contribution is -0.145. The average Bonchev–Trinajstić information content (AvgIpc) is 2.36. The SMILES string of the molecule is CCOC(=O)C1CN(CC(C)(C)N)Cc2ccccc21.Cl. The largest absolute Gasteiger partial charge is 0.465 e. The molecule has 4 nitrogen and oxygen atoms in total. The van der Waals surface area contributed by atoms with Crippen LogP contribution in [0.25, 0.3) is 0 Å². The van der Waals surface area contributed by atoms with Gasteiger partial charge in [-0.05, 0) is 31.9 Å². The minimum absolute atomic E-state index is 0. The van der Waals surface area contributed by atoms with Crippen LogP contribution in [0.15, 0.2) is 24.3 Å². The molecule has 1 aliphatic rings. The first kappa shape index (κ1) is 18.0. The van der Waals surface area contributed by atoms with Gasteiger partial charge in [0.2, 0.25) is 0 Å². The molecule has 1 unspecified atom stereocenters. The summed E-state index contributed by atoms with van der Waals surface area (Å²) in [4.78, 5) is 14.4. The third-order valence-electron chi connectivity index (χ3n) is 3.47. The van der Waals surface area contributed by atoms with E-state index in [1.165, 1.54) is 5.56 Å². The Balaban J connectivity index is 0.00000220. The number of nitrogens with zero attached hydrogens (tertiary/aromatic N) is 1. The number of hydrogen-bond acceptors (Lipinski definition) is 4. The molecule has 0 radical (unpaired) electrons. The minimum atomic E-state index is -0.272. The third-order valence-corrected chi connectivity index (χ3v) is 3.47. The maximum atomic E-state index is 12.2. The standard InChI is InChI=1S/C16H24N2O2.ClH/c1-4-20-15(19)14-10-18(11-16(2,3)17)9-12-7-5-6-8-13(12)14;/h5-8,14H,4,9-11,17H2,1-3H3;1H. The van der Waals surface area contributed by atoms with Crippen LogP contribution in [0.5, 0.6) is 0 Å². The van der Waals surface area contributed by atoms with Gasteiger partial charge in [0.15, 0.2) is 0 Å². The first-order valence-corrected chi connectivity index (χ1v) is 7.16. The summed E-state index contributed by atoms with van der Waals surface area (Å²) in [7, 11) is 0. The number of nitrogens with two attached hydrogens (primary N) is 1.